The topological polar surface area (TPSA) is 50.9 Å². The normalized spacial score (nSPS) is 49.1. The van der Waals surface area contributed by atoms with Gasteiger partial charge in [0, 0.05) is 6.20 Å². The van der Waals surface area contributed by atoms with Gasteiger partial charge in [-0.1, -0.05) is 30.7 Å². The van der Waals surface area contributed by atoms with Crippen LogP contribution in [0.1, 0.15) is 71.3 Å². The van der Waals surface area contributed by atoms with Crippen LogP contribution in [0.3, 0.4) is 0 Å². The maximum atomic E-state index is 10.1. The zero-order chi connectivity index (χ0) is 17.2. The third-order valence-electron chi connectivity index (χ3n) is 8.79. The first-order valence-electron chi connectivity index (χ1n) is 10.3. The fourth-order valence-corrected chi connectivity index (χ4v) is 7.43. The van der Waals surface area contributed by atoms with Gasteiger partial charge in [-0.3, -0.25) is 0 Å². The smallest absolute Gasteiger partial charge is 0.0693 e. The van der Waals surface area contributed by atoms with E-state index >= 15 is 0 Å². The SMILES string of the molecule is C[C@]12CC[C@H]3[C@@H](CC=C4C[C@@H](O)CC[C@@]43C)[C@@H]1CC[C@@H]2n1ccnn1. The van der Waals surface area contributed by atoms with Crippen molar-refractivity contribution in [3.05, 3.63) is 24.0 Å². The number of nitrogens with zero attached hydrogens (tertiary/aromatic N) is 3. The van der Waals surface area contributed by atoms with Gasteiger partial charge in [-0.25, -0.2) is 4.68 Å². The van der Waals surface area contributed by atoms with Gasteiger partial charge in [0.2, 0.25) is 0 Å². The Morgan fingerprint density at radius 1 is 1.12 bits per heavy atom. The fourth-order valence-electron chi connectivity index (χ4n) is 7.43. The number of fused-ring (bicyclic) bond motifs is 5. The van der Waals surface area contributed by atoms with E-state index in [-0.39, 0.29) is 6.10 Å². The molecule has 4 aliphatic rings. The summed E-state index contributed by atoms with van der Waals surface area (Å²) in [4.78, 5) is 0. The Labute approximate surface area is 150 Å². The number of aliphatic hydroxyl groups is 1. The van der Waals surface area contributed by atoms with E-state index in [2.05, 4.69) is 41.1 Å². The average molecular weight is 341 g/mol. The lowest BCUT2D eigenvalue weighted by Crippen LogP contribution is -2.50. The molecule has 1 N–H and O–H groups in total. The van der Waals surface area contributed by atoms with Crippen molar-refractivity contribution in [2.24, 2.45) is 28.6 Å². The summed E-state index contributed by atoms with van der Waals surface area (Å²) in [6.45, 7) is 5.04. The molecule has 0 unspecified atom stereocenters. The summed E-state index contributed by atoms with van der Waals surface area (Å²) >= 11 is 0. The van der Waals surface area contributed by atoms with Crippen LogP contribution in [0.25, 0.3) is 0 Å². The first-order valence-corrected chi connectivity index (χ1v) is 10.3. The van der Waals surface area contributed by atoms with Crippen LogP contribution in [0.4, 0.5) is 0 Å². The summed E-state index contributed by atoms with van der Waals surface area (Å²) in [7, 11) is 0. The van der Waals surface area contributed by atoms with Crippen LogP contribution in [0.5, 0.6) is 0 Å². The molecule has 1 heterocycles. The molecule has 1 aromatic rings. The molecule has 0 bridgehead atoms. The predicted octanol–water partition coefficient (Wildman–Crippen LogP) is 4.14. The number of aliphatic hydroxyl groups excluding tert-OH is 1. The van der Waals surface area contributed by atoms with E-state index in [1.54, 1.807) is 5.57 Å². The van der Waals surface area contributed by atoms with Gasteiger partial charge in [0.15, 0.2) is 0 Å². The van der Waals surface area contributed by atoms with Crippen molar-refractivity contribution in [3.63, 3.8) is 0 Å². The second kappa shape index (κ2) is 5.42. The van der Waals surface area contributed by atoms with Crippen LogP contribution >= 0.6 is 0 Å². The minimum atomic E-state index is -0.104. The summed E-state index contributed by atoms with van der Waals surface area (Å²) in [5, 5.41) is 18.6. The molecule has 4 nitrogen and oxygen atoms in total. The molecule has 3 saturated carbocycles. The second-order valence-corrected chi connectivity index (χ2v) is 9.68. The van der Waals surface area contributed by atoms with Crippen LogP contribution in [-0.4, -0.2) is 26.2 Å². The Kier molecular flexibility index (Phi) is 3.48. The summed E-state index contributed by atoms with van der Waals surface area (Å²) < 4.78 is 2.14. The van der Waals surface area contributed by atoms with E-state index in [1.807, 2.05) is 6.20 Å². The van der Waals surface area contributed by atoms with Gasteiger partial charge in [-0.05, 0) is 80.0 Å². The zero-order valence-corrected chi connectivity index (χ0v) is 15.6. The maximum Gasteiger partial charge on any atom is 0.0693 e. The van der Waals surface area contributed by atoms with Crippen LogP contribution in [0.2, 0.25) is 0 Å². The lowest BCUT2D eigenvalue weighted by Gasteiger charge is -2.57. The molecule has 0 amide bonds. The molecular weight excluding hydrogens is 310 g/mol. The number of rotatable bonds is 1. The Morgan fingerprint density at radius 2 is 2.00 bits per heavy atom. The van der Waals surface area contributed by atoms with E-state index < -0.39 is 0 Å². The highest BCUT2D eigenvalue weighted by atomic mass is 16.3. The Bertz CT molecular complexity index is 683. The third kappa shape index (κ3) is 2.16. The molecule has 4 aliphatic carbocycles. The molecule has 136 valence electrons. The van der Waals surface area contributed by atoms with Crippen molar-refractivity contribution < 1.29 is 5.11 Å². The summed E-state index contributed by atoms with van der Waals surface area (Å²) in [6, 6.07) is 0.521. The first-order chi connectivity index (χ1) is 12.0. The highest BCUT2D eigenvalue weighted by Crippen LogP contribution is 2.66. The molecule has 25 heavy (non-hydrogen) atoms. The highest BCUT2D eigenvalue weighted by Gasteiger charge is 2.59. The predicted molar refractivity (Wildman–Crippen MR) is 96.8 cm³/mol. The van der Waals surface area contributed by atoms with Crippen molar-refractivity contribution in [3.8, 4) is 0 Å². The first kappa shape index (κ1) is 16.0. The molecule has 0 spiro atoms. The molecule has 3 fully saturated rings. The van der Waals surface area contributed by atoms with Crippen LogP contribution < -0.4 is 0 Å². The second-order valence-electron chi connectivity index (χ2n) is 9.68. The van der Waals surface area contributed by atoms with E-state index in [0.717, 1.165) is 30.6 Å². The Hall–Kier alpha value is -1.16. The average Bonchev–Trinajstić information content (AvgIpc) is 3.22. The minimum Gasteiger partial charge on any atom is -0.393 e. The summed E-state index contributed by atoms with van der Waals surface area (Å²) in [5.41, 5.74) is 2.28. The van der Waals surface area contributed by atoms with E-state index in [9.17, 15) is 5.11 Å². The van der Waals surface area contributed by atoms with Gasteiger partial charge in [0.1, 0.15) is 0 Å². The molecular formula is C21H31N3O. The van der Waals surface area contributed by atoms with Crippen molar-refractivity contribution in [2.75, 3.05) is 0 Å². The van der Waals surface area contributed by atoms with E-state index in [1.165, 1.54) is 38.5 Å². The lowest BCUT2D eigenvalue weighted by molar-refractivity contribution is -0.0489. The maximum absolute atomic E-state index is 10.1. The molecule has 0 aliphatic heterocycles. The van der Waals surface area contributed by atoms with Gasteiger partial charge < -0.3 is 5.11 Å². The van der Waals surface area contributed by atoms with Crippen LogP contribution in [0.15, 0.2) is 24.0 Å². The van der Waals surface area contributed by atoms with Crippen molar-refractivity contribution in [1.29, 1.82) is 0 Å². The standard InChI is InChI=1S/C21H31N3O/c1-20-9-7-15(25)13-14(20)3-4-16-17-5-6-19(24-12-11-22-23-24)21(17,2)10-8-18(16)20/h3,11-12,15-19,25H,4-10,13H2,1-2H3/t15-,16-,17-,18-,19-,20-,21-/m0/s1. The monoisotopic (exact) mass is 341 g/mol. The molecule has 0 aromatic carbocycles. The largest absolute Gasteiger partial charge is 0.393 e. The number of hydrogen-bond acceptors (Lipinski definition) is 3. The third-order valence-corrected chi connectivity index (χ3v) is 8.79. The molecule has 0 saturated heterocycles. The molecule has 1 aromatic heterocycles. The van der Waals surface area contributed by atoms with E-state index in [4.69, 9.17) is 0 Å². The number of hydrogen-bond donors (Lipinski definition) is 1. The summed E-state index contributed by atoms with van der Waals surface area (Å²) in [6.07, 6.45) is 15.9. The van der Waals surface area contributed by atoms with Crippen LogP contribution in [-0.2, 0) is 0 Å². The van der Waals surface area contributed by atoms with E-state index in [0.29, 0.717) is 16.9 Å². The van der Waals surface area contributed by atoms with Gasteiger partial charge in [0.25, 0.3) is 0 Å². The summed E-state index contributed by atoms with van der Waals surface area (Å²) in [5.74, 6) is 2.44. The van der Waals surface area contributed by atoms with Gasteiger partial charge in [-0.15, -0.1) is 5.10 Å². The highest BCUT2D eigenvalue weighted by molar-refractivity contribution is 5.25. The zero-order valence-electron chi connectivity index (χ0n) is 15.6. The van der Waals surface area contributed by atoms with Crippen molar-refractivity contribution in [1.82, 2.24) is 15.0 Å². The molecule has 5 rings (SSSR count). The Morgan fingerprint density at radius 3 is 2.80 bits per heavy atom. The molecule has 4 heteroatoms. The minimum absolute atomic E-state index is 0.104. The number of allylic oxidation sites excluding steroid dienone is 1. The van der Waals surface area contributed by atoms with Gasteiger partial charge >= 0.3 is 0 Å². The lowest BCUT2D eigenvalue weighted by atomic mass is 9.48. The van der Waals surface area contributed by atoms with Gasteiger partial charge in [-0.2, -0.15) is 0 Å². The van der Waals surface area contributed by atoms with Gasteiger partial charge in [0.05, 0.1) is 18.3 Å². The van der Waals surface area contributed by atoms with Crippen molar-refractivity contribution in [2.45, 2.75) is 77.4 Å². The van der Waals surface area contributed by atoms with Crippen LogP contribution in [0, 0.1) is 28.6 Å². The molecule has 7 atom stereocenters. The number of aromatic nitrogens is 3. The van der Waals surface area contributed by atoms with Crippen molar-refractivity contribution >= 4 is 0 Å². The quantitative estimate of drug-likeness (QED) is 0.781. The molecule has 0 radical (unpaired) electrons. The fraction of sp³-hybridized carbons (Fsp3) is 0.810. The Balaban J connectivity index is 1.47.